The molecule has 5 aromatic rings. The van der Waals surface area contributed by atoms with Gasteiger partial charge in [-0.3, -0.25) is 0 Å². The van der Waals surface area contributed by atoms with Gasteiger partial charge in [0.05, 0.1) is 6.42 Å². The predicted molar refractivity (Wildman–Crippen MR) is 145 cm³/mol. The van der Waals surface area contributed by atoms with E-state index in [0.717, 1.165) is 53.4 Å². The van der Waals surface area contributed by atoms with E-state index in [1.807, 2.05) is 53.4 Å². The molecule has 38 heavy (non-hydrogen) atoms. The first-order valence-corrected chi connectivity index (χ1v) is 13.1. The molecule has 2 aromatic heterocycles. The molecule has 192 valence electrons. The van der Waals surface area contributed by atoms with Crippen molar-refractivity contribution in [2.45, 2.75) is 44.8 Å². The minimum absolute atomic E-state index is 0.123. The molecule has 3 aromatic carbocycles. The summed E-state index contributed by atoms with van der Waals surface area (Å²) in [6.45, 7) is 1.02. The summed E-state index contributed by atoms with van der Waals surface area (Å²) < 4.78 is 11.2. The standard InChI is InChI=1S/C31H30N4O3/c36-31(37-21-23-10-5-2-6-11-23)35-15-7-12-26(35)19-25-20-32-28-14-13-24(16-27(25)28)18-30-33-29(34-38-30)17-22-8-3-1-4-9-22/h1-6,8-11,13-14,16,20,26,32H,7,12,15,17-19,21H2. The van der Waals surface area contributed by atoms with Gasteiger partial charge in [-0.1, -0.05) is 71.9 Å². The molecule has 1 saturated heterocycles. The van der Waals surface area contributed by atoms with Crippen LogP contribution in [0.5, 0.6) is 0 Å². The smallest absolute Gasteiger partial charge is 0.410 e. The fourth-order valence-corrected chi connectivity index (χ4v) is 5.24. The fourth-order valence-electron chi connectivity index (χ4n) is 5.24. The van der Waals surface area contributed by atoms with Crippen molar-refractivity contribution in [3.05, 3.63) is 119 Å². The molecule has 1 atom stereocenters. The lowest BCUT2D eigenvalue weighted by Crippen LogP contribution is -2.37. The van der Waals surface area contributed by atoms with Gasteiger partial charge in [-0.25, -0.2) is 4.79 Å². The van der Waals surface area contributed by atoms with Gasteiger partial charge in [0.1, 0.15) is 6.61 Å². The average Bonchev–Trinajstić information content (AvgIpc) is 3.70. The minimum Gasteiger partial charge on any atom is -0.445 e. The molecule has 3 heterocycles. The van der Waals surface area contributed by atoms with Crippen molar-refractivity contribution in [1.82, 2.24) is 20.0 Å². The summed E-state index contributed by atoms with van der Waals surface area (Å²) in [6, 6.07) is 26.4. The van der Waals surface area contributed by atoms with Crippen LogP contribution < -0.4 is 0 Å². The van der Waals surface area contributed by atoms with Crippen LogP contribution in [0, 0.1) is 0 Å². The van der Waals surface area contributed by atoms with Gasteiger partial charge in [-0.2, -0.15) is 4.98 Å². The van der Waals surface area contributed by atoms with Crippen LogP contribution in [0.15, 0.2) is 89.6 Å². The van der Waals surface area contributed by atoms with Crippen molar-refractivity contribution < 1.29 is 14.1 Å². The number of hydrogen-bond acceptors (Lipinski definition) is 5. The molecule has 1 N–H and O–H groups in total. The molecule has 0 saturated carbocycles. The first kappa shape index (κ1) is 24.0. The van der Waals surface area contributed by atoms with Crippen molar-refractivity contribution in [2.24, 2.45) is 0 Å². The highest BCUT2D eigenvalue weighted by atomic mass is 16.6. The lowest BCUT2D eigenvalue weighted by Gasteiger charge is -2.24. The number of nitrogens with one attached hydrogen (secondary N) is 1. The summed E-state index contributed by atoms with van der Waals surface area (Å²) in [6.07, 6.45) is 5.79. The average molecular weight is 507 g/mol. The maximum absolute atomic E-state index is 12.9. The van der Waals surface area contributed by atoms with E-state index < -0.39 is 0 Å². The number of aromatic nitrogens is 3. The van der Waals surface area contributed by atoms with E-state index in [9.17, 15) is 4.79 Å². The number of benzene rings is 3. The van der Waals surface area contributed by atoms with Crippen LogP contribution in [0.25, 0.3) is 10.9 Å². The predicted octanol–water partition coefficient (Wildman–Crippen LogP) is 6.08. The monoisotopic (exact) mass is 506 g/mol. The molecule has 1 aliphatic heterocycles. The lowest BCUT2D eigenvalue weighted by molar-refractivity contribution is 0.0921. The number of carbonyl (C=O) groups excluding carboxylic acids is 1. The van der Waals surface area contributed by atoms with E-state index in [-0.39, 0.29) is 12.1 Å². The van der Waals surface area contributed by atoms with E-state index >= 15 is 0 Å². The zero-order chi connectivity index (χ0) is 25.7. The maximum atomic E-state index is 12.9. The van der Waals surface area contributed by atoms with E-state index in [1.165, 1.54) is 5.56 Å². The van der Waals surface area contributed by atoms with Crippen LogP contribution in [0.3, 0.4) is 0 Å². The van der Waals surface area contributed by atoms with Gasteiger partial charge < -0.3 is 19.1 Å². The molecular weight excluding hydrogens is 476 g/mol. The van der Waals surface area contributed by atoms with E-state index in [2.05, 4.69) is 51.7 Å². The van der Waals surface area contributed by atoms with Crippen LogP contribution in [0.2, 0.25) is 0 Å². The molecule has 1 fully saturated rings. The Morgan fingerprint density at radius 1 is 0.974 bits per heavy atom. The largest absolute Gasteiger partial charge is 0.445 e. The van der Waals surface area contributed by atoms with Crippen molar-refractivity contribution in [3.8, 4) is 0 Å². The minimum atomic E-state index is -0.236. The Balaban J connectivity index is 1.12. The van der Waals surface area contributed by atoms with Crippen LogP contribution >= 0.6 is 0 Å². The van der Waals surface area contributed by atoms with Gasteiger partial charge in [0.15, 0.2) is 5.82 Å². The van der Waals surface area contributed by atoms with E-state index in [1.54, 1.807) is 0 Å². The van der Waals surface area contributed by atoms with E-state index in [4.69, 9.17) is 9.26 Å². The molecule has 0 radical (unpaired) electrons. The Kier molecular flexibility index (Phi) is 6.89. The first-order chi connectivity index (χ1) is 18.7. The fraction of sp³-hybridized carbons (Fsp3) is 0.258. The highest BCUT2D eigenvalue weighted by molar-refractivity contribution is 5.84. The van der Waals surface area contributed by atoms with Crippen molar-refractivity contribution >= 4 is 17.0 Å². The van der Waals surface area contributed by atoms with Gasteiger partial charge in [0.2, 0.25) is 5.89 Å². The molecule has 7 nitrogen and oxygen atoms in total. The lowest BCUT2D eigenvalue weighted by atomic mass is 10.0. The molecule has 1 amide bonds. The SMILES string of the molecule is O=C(OCc1ccccc1)N1CCCC1Cc1c[nH]c2ccc(Cc3nc(Cc4ccccc4)no3)cc12. The number of rotatable bonds is 8. The molecule has 1 unspecified atom stereocenters. The van der Waals surface area contributed by atoms with Gasteiger partial charge >= 0.3 is 6.09 Å². The maximum Gasteiger partial charge on any atom is 0.410 e. The normalized spacial score (nSPS) is 15.3. The van der Waals surface area contributed by atoms with Crippen LogP contribution in [-0.4, -0.2) is 38.7 Å². The number of hydrogen-bond donors (Lipinski definition) is 1. The quantitative estimate of drug-likeness (QED) is 0.276. The number of aromatic amines is 1. The topological polar surface area (TPSA) is 84.2 Å². The van der Waals surface area contributed by atoms with Gasteiger partial charge in [0, 0.05) is 36.1 Å². The second-order valence-corrected chi connectivity index (χ2v) is 9.87. The summed E-state index contributed by atoms with van der Waals surface area (Å²) in [5, 5.41) is 5.33. The molecular formula is C31H30N4O3. The van der Waals surface area contributed by atoms with Crippen molar-refractivity contribution in [2.75, 3.05) is 6.54 Å². The van der Waals surface area contributed by atoms with Crippen molar-refractivity contribution in [3.63, 3.8) is 0 Å². The Bertz CT molecular complexity index is 1510. The van der Waals surface area contributed by atoms with Crippen molar-refractivity contribution in [1.29, 1.82) is 0 Å². The summed E-state index contributed by atoms with van der Waals surface area (Å²) in [7, 11) is 0. The third kappa shape index (κ3) is 5.47. The van der Waals surface area contributed by atoms with Gasteiger partial charge in [-0.05, 0) is 53.6 Å². The Morgan fingerprint density at radius 3 is 2.58 bits per heavy atom. The van der Waals surface area contributed by atoms with Gasteiger partial charge in [-0.15, -0.1) is 0 Å². The highest BCUT2D eigenvalue weighted by Crippen LogP contribution is 2.27. The van der Waals surface area contributed by atoms with Crippen LogP contribution in [-0.2, 0) is 30.6 Å². The third-order valence-corrected chi connectivity index (χ3v) is 7.17. The summed E-state index contributed by atoms with van der Waals surface area (Å²) >= 11 is 0. The molecule has 0 aliphatic carbocycles. The Morgan fingerprint density at radius 2 is 1.76 bits per heavy atom. The van der Waals surface area contributed by atoms with Crippen LogP contribution in [0.1, 0.15) is 46.8 Å². The Labute approximate surface area is 221 Å². The number of nitrogens with zero attached hydrogens (tertiary/aromatic N) is 3. The molecule has 1 aliphatic rings. The zero-order valence-corrected chi connectivity index (χ0v) is 21.2. The summed E-state index contributed by atoms with van der Waals surface area (Å²) in [4.78, 5) is 22.7. The number of carbonyl (C=O) groups is 1. The molecule has 7 heteroatoms. The molecule has 0 spiro atoms. The number of likely N-dealkylation sites (tertiary alicyclic amines) is 1. The summed E-state index contributed by atoms with van der Waals surface area (Å²) in [5.74, 6) is 1.30. The second-order valence-electron chi connectivity index (χ2n) is 9.87. The Hall–Kier alpha value is -4.39. The number of amides is 1. The third-order valence-electron chi connectivity index (χ3n) is 7.17. The van der Waals surface area contributed by atoms with Gasteiger partial charge in [0.25, 0.3) is 0 Å². The molecule has 0 bridgehead atoms. The summed E-state index contributed by atoms with van der Waals surface area (Å²) in [5.41, 5.74) is 5.54. The highest BCUT2D eigenvalue weighted by Gasteiger charge is 2.30. The van der Waals surface area contributed by atoms with Crippen LogP contribution in [0.4, 0.5) is 4.79 Å². The second kappa shape index (κ2) is 10.9. The molecule has 6 rings (SSSR count). The number of fused-ring (bicyclic) bond motifs is 1. The van der Waals surface area contributed by atoms with E-state index in [0.29, 0.717) is 31.2 Å². The number of H-pyrrole nitrogens is 1. The number of ether oxygens (including phenoxy) is 1. The zero-order valence-electron chi connectivity index (χ0n) is 21.2. The first-order valence-electron chi connectivity index (χ1n) is 13.1.